The fraction of sp³-hybridized carbons (Fsp3) is 0.789. The van der Waals surface area contributed by atoms with E-state index in [0.717, 1.165) is 51.1 Å². The number of carbonyl (C=O) groups excluding carboxylic acids is 1. The van der Waals surface area contributed by atoms with E-state index in [0.29, 0.717) is 19.1 Å². The van der Waals surface area contributed by atoms with Gasteiger partial charge in [-0.05, 0) is 39.4 Å². The van der Waals surface area contributed by atoms with Crippen molar-refractivity contribution in [3.8, 4) is 0 Å². The standard InChI is InChI=1S/C19H31N5O2/c1-21-6-3-7-23(9-8-21)14-17-18(16-12-20-22(2)13-16)24(10-11-26-17)19(25)15-4-5-15/h12-13,15,17-18H,3-11,14H2,1-2H3. The summed E-state index contributed by atoms with van der Waals surface area (Å²) in [6.07, 6.45) is 7.22. The lowest BCUT2D eigenvalue weighted by Gasteiger charge is -2.42. The van der Waals surface area contributed by atoms with Gasteiger partial charge < -0.3 is 14.5 Å². The van der Waals surface area contributed by atoms with Crippen LogP contribution in [0.15, 0.2) is 12.4 Å². The third kappa shape index (κ3) is 3.94. The number of hydrogen-bond donors (Lipinski definition) is 0. The van der Waals surface area contributed by atoms with Crippen LogP contribution in [-0.2, 0) is 16.6 Å². The quantitative estimate of drug-likeness (QED) is 0.792. The van der Waals surface area contributed by atoms with Crippen molar-refractivity contribution < 1.29 is 9.53 Å². The van der Waals surface area contributed by atoms with Crippen molar-refractivity contribution in [3.63, 3.8) is 0 Å². The zero-order valence-corrected chi connectivity index (χ0v) is 16.0. The maximum Gasteiger partial charge on any atom is 0.226 e. The molecule has 0 aromatic carbocycles. The van der Waals surface area contributed by atoms with Gasteiger partial charge in [-0.3, -0.25) is 14.4 Å². The lowest BCUT2D eigenvalue weighted by Crippen LogP contribution is -2.52. The minimum atomic E-state index is -0.0217. The largest absolute Gasteiger partial charge is 0.373 e. The molecule has 7 heteroatoms. The van der Waals surface area contributed by atoms with E-state index < -0.39 is 0 Å². The van der Waals surface area contributed by atoms with E-state index in [-0.39, 0.29) is 18.1 Å². The summed E-state index contributed by atoms with van der Waals surface area (Å²) in [7, 11) is 4.12. The molecule has 1 amide bonds. The Morgan fingerprint density at radius 1 is 1.19 bits per heavy atom. The molecule has 2 atom stereocenters. The molecule has 3 fully saturated rings. The summed E-state index contributed by atoms with van der Waals surface area (Å²) in [6.45, 7) is 6.60. The first kappa shape index (κ1) is 17.9. The zero-order valence-electron chi connectivity index (χ0n) is 16.0. The van der Waals surface area contributed by atoms with Crippen molar-refractivity contribution in [2.45, 2.75) is 31.4 Å². The molecule has 0 radical (unpaired) electrons. The predicted octanol–water partition coefficient (Wildman–Crippen LogP) is 0.736. The predicted molar refractivity (Wildman–Crippen MR) is 98.7 cm³/mol. The highest BCUT2D eigenvalue weighted by Crippen LogP contribution is 2.37. The van der Waals surface area contributed by atoms with Crippen LogP contribution in [0.4, 0.5) is 0 Å². The van der Waals surface area contributed by atoms with Crippen molar-refractivity contribution in [1.82, 2.24) is 24.5 Å². The second kappa shape index (κ2) is 7.66. The Labute approximate surface area is 155 Å². The highest BCUT2D eigenvalue weighted by Gasteiger charge is 2.42. The van der Waals surface area contributed by atoms with Gasteiger partial charge in [0, 0.05) is 50.9 Å². The number of likely N-dealkylation sites (N-methyl/N-ethyl adjacent to an activating group) is 1. The van der Waals surface area contributed by atoms with Gasteiger partial charge in [0.1, 0.15) is 0 Å². The van der Waals surface area contributed by atoms with Crippen LogP contribution in [0.25, 0.3) is 0 Å². The van der Waals surface area contributed by atoms with Gasteiger partial charge in [0.25, 0.3) is 0 Å². The van der Waals surface area contributed by atoms with Gasteiger partial charge in [0.2, 0.25) is 5.91 Å². The minimum absolute atomic E-state index is 0.0130. The Morgan fingerprint density at radius 3 is 2.77 bits per heavy atom. The van der Waals surface area contributed by atoms with E-state index in [1.165, 1.54) is 6.42 Å². The molecule has 7 nitrogen and oxygen atoms in total. The van der Waals surface area contributed by atoms with Gasteiger partial charge >= 0.3 is 0 Å². The van der Waals surface area contributed by atoms with Gasteiger partial charge in [-0.25, -0.2) is 0 Å². The SMILES string of the molecule is CN1CCCN(CC2OCCN(C(=O)C3CC3)C2c2cnn(C)c2)CC1. The molecule has 2 aliphatic heterocycles. The first-order valence-corrected chi connectivity index (χ1v) is 9.93. The number of rotatable bonds is 4. The molecule has 1 aromatic heterocycles. The van der Waals surface area contributed by atoms with Crippen LogP contribution in [0, 0.1) is 5.92 Å². The molecule has 2 unspecified atom stereocenters. The Bertz CT molecular complexity index is 629. The minimum Gasteiger partial charge on any atom is -0.373 e. The number of aryl methyl sites for hydroxylation is 1. The van der Waals surface area contributed by atoms with Crippen LogP contribution in [0.1, 0.15) is 30.9 Å². The van der Waals surface area contributed by atoms with E-state index in [1.807, 2.05) is 24.1 Å². The molecule has 1 aliphatic carbocycles. The molecule has 2 saturated heterocycles. The zero-order chi connectivity index (χ0) is 18.1. The number of ether oxygens (including phenoxy) is 1. The number of carbonyl (C=O) groups is 1. The van der Waals surface area contributed by atoms with E-state index in [9.17, 15) is 4.79 Å². The van der Waals surface area contributed by atoms with Crippen molar-refractivity contribution in [2.24, 2.45) is 13.0 Å². The summed E-state index contributed by atoms with van der Waals surface area (Å²) in [4.78, 5) is 19.9. The van der Waals surface area contributed by atoms with Crippen LogP contribution in [0.2, 0.25) is 0 Å². The molecular weight excluding hydrogens is 330 g/mol. The smallest absolute Gasteiger partial charge is 0.226 e. The third-order valence-electron chi connectivity index (χ3n) is 5.88. The van der Waals surface area contributed by atoms with Gasteiger partial charge in [-0.2, -0.15) is 5.10 Å². The summed E-state index contributed by atoms with van der Waals surface area (Å²) in [5, 5.41) is 4.36. The van der Waals surface area contributed by atoms with Crippen LogP contribution in [0.5, 0.6) is 0 Å². The summed E-state index contributed by atoms with van der Waals surface area (Å²) in [5.41, 5.74) is 1.10. The topological polar surface area (TPSA) is 53.8 Å². The second-order valence-electron chi connectivity index (χ2n) is 8.06. The summed E-state index contributed by atoms with van der Waals surface area (Å²) in [5.74, 6) is 0.544. The number of aromatic nitrogens is 2. The van der Waals surface area contributed by atoms with Gasteiger partial charge in [-0.15, -0.1) is 0 Å². The molecule has 4 rings (SSSR count). The molecule has 26 heavy (non-hydrogen) atoms. The van der Waals surface area contributed by atoms with Crippen LogP contribution in [-0.4, -0.2) is 89.4 Å². The second-order valence-corrected chi connectivity index (χ2v) is 8.06. The van der Waals surface area contributed by atoms with Gasteiger partial charge in [0.15, 0.2) is 0 Å². The normalized spacial score (nSPS) is 28.9. The lowest BCUT2D eigenvalue weighted by atomic mass is 9.99. The van der Waals surface area contributed by atoms with Crippen molar-refractivity contribution >= 4 is 5.91 Å². The maximum absolute atomic E-state index is 12.9. The Kier molecular flexibility index (Phi) is 5.29. The van der Waals surface area contributed by atoms with E-state index in [2.05, 4.69) is 26.8 Å². The summed E-state index contributed by atoms with van der Waals surface area (Å²) >= 11 is 0. The van der Waals surface area contributed by atoms with E-state index in [1.54, 1.807) is 0 Å². The third-order valence-corrected chi connectivity index (χ3v) is 5.88. The Balaban J connectivity index is 1.53. The average molecular weight is 361 g/mol. The van der Waals surface area contributed by atoms with Crippen LogP contribution < -0.4 is 0 Å². The fourth-order valence-corrected chi connectivity index (χ4v) is 4.22. The first-order valence-electron chi connectivity index (χ1n) is 9.93. The van der Waals surface area contributed by atoms with Crippen molar-refractivity contribution in [3.05, 3.63) is 18.0 Å². The highest BCUT2D eigenvalue weighted by atomic mass is 16.5. The Morgan fingerprint density at radius 2 is 2.04 bits per heavy atom. The molecule has 0 spiro atoms. The fourth-order valence-electron chi connectivity index (χ4n) is 4.22. The van der Waals surface area contributed by atoms with Crippen LogP contribution in [0.3, 0.4) is 0 Å². The maximum atomic E-state index is 12.9. The lowest BCUT2D eigenvalue weighted by molar-refractivity contribution is -0.149. The molecule has 1 saturated carbocycles. The molecule has 0 bridgehead atoms. The number of hydrogen-bond acceptors (Lipinski definition) is 5. The average Bonchev–Trinajstić information content (AvgIpc) is 3.42. The first-order chi connectivity index (χ1) is 12.6. The monoisotopic (exact) mass is 361 g/mol. The summed E-state index contributed by atoms with van der Waals surface area (Å²) in [6, 6.07) is -0.0217. The summed E-state index contributed by atoms with van der Waals surface area (Å²) < 4.78 is 8.04. The molecule has 3 aliphatic rings. The van der Waals surface area contributed by atoms with Crippen molar-refractivity contribution in [1.29, 1.82) is 0 Å². The highest BCUT2D eigenvalue weighted by molar-refractivity contribution is 5.81. The molecular formula is C19H31N5O2. The van der Waals surface area contributed by atoms with E-state index in [4.69, 9.17) is 4.74 Å². The molecule has 3 heterocycles. The Hall–Kier alpha value is -1.44. The number of nitrogens with zero attached hydrogens (tertiary/aromatic N) is 5. The van der Waals surface area contributed by atoms with E-state index >= 15 is 0 Å². The molecule has 144 valence electrons. The van der Waals surface area contributed by atoms with Crippen LogP contribution >= 0.6 is 0 Å². The number of amides is 1. The molecule has 0 N–H and O–H groups in total. The number of morpholine rings is 1. The molecule has 1 aromatic rings. The van der Waals surface area contributed by atoms with Crippen molar-refractivity contribution in [2.75, 3.05) is 52.9 Å². The van der Waals surface area contributed by atoms with Gasteiger partial charge in [-0.1, -0.05) is 0 Å². The van der Waals surface area contributed by atoms with Gasteiger partial charge in [0.05, 0.1) is 24.9 Å².